The van der Waals surface area contributed by atoms with Gasteiger partial charge in [-0.05, 0) is 104 Å². The molecule has 4 aliphatic carbocycles. The Kier molecular flexibility index (Phi) is 5.86. The van der Waals surface area contributed by atoms with E-state index < -0.39 is 0 Å². The van der Waals surface area contributed by atoms with Gasteiger partial charge in [0.05, 0.1) is 6.10 Å². The Morgan fingerprint density at radius 3 is 2.45 bits per heavy atom. The summed E-state index contributed by atoms with van der Waals surface area (Å²) in [6, 6.07) is 0. The summed E-state index contributed by atoms with van der Waals surface area (Å²) >= 11 is 0. The molecule has 164 valence electrons. The summed E-state index contributed by atoms with van der Waals surface area (Å²) in [5, 5.41) is 10.2. The second-order valence-electron chi connectivity index (χ2n) is 12.2. The lowest BCUT2D eigenvalue weighted by atomic mass is 9.47. The maximum absolute atomic E-state index is 10.2. The van der Waals surface area contributed by atoms with Crippen LogP contribution in [0.2, 0.25) is 0 Å². The molecule has 4 rings (SSSR count). The van der Waals surface area contributed by atoms with E-state index in [1.54, 1.807) is 5.57 Å². The number of hydrogen-bond donors (Lipinski definition) is 1. The second-order valence-corrected chi connectivity index (χ2v) is 12.2. The number of hydrogen-bond acceptors (Lipinski definition) is 1. The number of aliphatic hydroxyl groups is 1. The van der Waals surface area contributed by atoms with E-state index >= 15 is 0 Å². The van der Waals surface area contributed by atoms with Gasteiger partial charge in [0.15, 0.2) is 0 Å². The van der Waals surface area contributed by atoms with E-state index in [9.17, 15) is 5.11 Å². The topological polar surface area (TPSA) is 20.2 Å². The summed E-state index contributed by atoms with van der Waals surface area (Å²) in [6.45, 7) is 14.7. The maximum atomic E-state index is 10.2. The van der Waals surface area contributed by atoms with Gasteiger partial charge < -0.3 is 5.11 Å². The Hall–Kier alpha value is -0.560. The average Bonchev–Trinajstić information content (AvgIpc) is 3.03. The van der Waals surface area contributed by atoms with Crippen LogP contribution in [0.3, 0.4) is 0 Å². The minimum atomic E-state index is -0.0866. The molecule has 3 fully saturated rings. The van der Waals surface area contributed by atoms with E-state index in [2.05, 4.69) is 59.8 Å². The SMILES string of the molecule is CC(C)C(C)/C=C\[C@@H](C)[C@H]1CC[C@H]2[C@@H]3CC=C4C[C@@H](O)CC[C@]4(C)[C@H]3CC[C@]12C. The van der Waals surface area contributed by atoms with Crippen LogP contribution in [0.5, 0.6) is 0 Å². The van der Waals surface area contributed by atoms with Gasteiger partial charge >= 0.3 is 0 Å². The lowest BCUT2D eigenvalue weighted by Crippen LogP contribution is -2.50. The predicted octanol–water partition coefficient (Wildman–Crippen LogP) is 7.41. The fourth-order valence-corrected chi connectivity index (χ4v) is 8.25. The monoisotopic (exact) mass is 398 g/mol. The first kappa shape index (κ1) is 21.7. The van der Waals surface area contributed by atoms with Gasteiger partial charge in [-0.2, -0.15) is 0 Å². The molecule has 1 heteroatoms. The fourth-order valence-electron chi connectivity index (χ4n) is 8.25. The normalized spacial score (nSPS) is 46.8. The zero-order valence-electron chi connectivity index (χ0n) is 20.0. The molecular formula is C28H46O. The highest BCUT2D eigenvalue weighted by molar-refractivity contribution is 5.25. The Morgan fingerprint density at radius 1 is 0.966 bits per heavy atom. The third kappa shape index (κ3) is 3.58. The summed E-state index contributed by atoms with van der Waals surface area (Å²) in [5.41, 5.74) is 2.51. The van der Waals surface area contributed by atoms with Crippen molar-refractivity contribution in [3.8, 4) is 0 Å². The summed E-state index contributed by atoms with van der Waals surface area (Å²) in [4.78, 5) is 0. The summed E-state index contributed by atoms with van der Waals surface area (Å²) in [7, 11) is 0. The van der Waals surface area contributed by atoms with Gasteiger partial charge in [-0.25, -0.2) is 0 Å². The van der Waals surface area contributed by atoms with Crippen LogP contribution < -0.4 is 0 Å². The number of fused-ring (bicyclic) bond motifs is 5. The average molecular weight is 399 g/mol. The smallest absolute Gasteiger partial charge is 0.0577 e. The molecule has 1 unspecified atom stereocenters. The fraction of sp³-hybridized carbons (Fsp3) is 0.857. The van der Waals surface area contributed by atoms with Crippen LogP contribution in [0.4, 0.5) is 0 Å². The highest BCUT2D eigenvalue weighted by atomic mass is 16.3. The van der Waals surface area contributed by atoms with Gasteiger partial charge in [-0.3, -0.25) is 0 Å². The zero-order chi connectivity index (χ0) is 21.0. The first-order valence-corrected chi connectivity index (χ1v) is 12.7. The molecule has 0 aromatic carbocycles. The molecule has 0 aliphatic heterocycles. The molecule has 0 aromatic heterocycles. The summed E-state index contributed by atoms with van der Waals surface area (Å²) in [5.74, 6) is 5.63. The molecule has 0 radical (unpaired) electrons. The van der Waals surface area contributed by atoms with Gasteiger partial charge in [0, 0.05) is 0 Å². The molecule has 29 heavy (non-hydrogen) atoms. The van der Waals surface area contributed by atoms with Crippen molar-refractivity contribution in [1.29, 1.82) is 0 Å². The minimum Gasteiger partial charge on any atom is -0.393 e. The Labute approximate surface area is 180 Å². The van der Waals surface area contributed by atoms with E-state index in [0.717, 1.165) is 42.4 Å². The molecule has 0 heterocycles. The highest BCUT2D eigenvalue weighted by Gasteiger charge is 2.58. The van der Waals surface area contributed by atoms with E-state index in [1.165, 1.54) is 38.5 Å². The van der Waals surface area contributed by atoms with Gasteiger partial charge in [0.1, 0.15) is 0 Å². The largest absolute Gasteiger partial charge is 0.393 e. The maximum Gasteiger partial charge on any atom is 0.0577 e. The van der Waals surface area contributed by atoms with Crippen LogP contribution in [-0.4, -0.2) is 11.2 Å². The predicted molar refractivity (Wildman–Crippen MR) is 124 cm³/mol. The van der Waals surface area contributed by atoms with E-state index in [0.29, 0.717) is 22.7 Å². The molecular weight excluding hydrogens is 352 g/mol. The van der Waals surface area contributed by atoms with Crippen LogP contribution in [0, 0.1) is 52.3 Å². The van der Waals surface area contributed by atoms with Crippen LogP contribution in [0.1, 0.15) is 92.9 Å². The molecule has 0 amide bonds. The lowest BCUT2D eigenvalue weighted by Gasteiger charge is -2.58. The lowest BCUT2D eigenvalue weighted by molar-refractivity contribution is -0.0540. The number of aliphatic hydroxyl groups excluding tert-OH is 1. The van der Waals surface area contributed by atoms with Crippen molar-refractivity contribution in [1.82, 2.24) is 0 Å². The van der Waals surface area contributed by atoms with Crippen molar-refractivity contribution < 1.29 is 5.11 Å². The first-order valence-electron chi connectivity index (χ1n) is 12.7. The third-order valence-corrected chi connectivity index (χ3v) is 10.6. The Bertz CT molecular complexity index is 659. The first-order chi connectivity index (χ1) is 13.7. The summed E-state index contributed by atoms with van der Waals surface area (Å²) in [6.07, 6.45) is 17.7. The van der Waals surface area contributed by atoms with Crippen molar-refractivity contribution in [3.05, 3.63) is 23.8 Å². The molecule has 0 aromatic rings. The van der Waals surface area contributed by atoms with E-state index in [1.807, 2.05) is 0 Å². The molecule has 1 N–H and O–H groups in total. The Morgan fingerprint density at radius 2 is 1.72 bits per heavy atom. The van der Waals surface area contributed by atoms with Crippen LogP contribution >= 0.6 is 0 Å². The van der Waals surface area contributed by atoms with Gasteiger partial charge in [0.2, 0.25) is 0 Å². The number of allylic oxidation sites excluding steroid dienone is 3. The molecule has 1 nitrogen and oxygen atoms in total. The summed E-state index contributed by atoms with van der Waals surface area (Å²) < 4.78 is 0. The second kappa shape index (κ2) is 7.85. The van der Waals surface area contributed by atoms with Crippen molar-refractivity contribution in [3.63, 3.8) is 0 Å². The van der Waals surface area contributed by atoms with Crippen molar-refractivity contribution >= 4 is 0 Å². The highest BCUT2D eigenvalue weighted by Crippen LogP contribution is 2.67. The number of rotatable bonds is 4. The quantitative estimate of drug-likeness (QED) is 0.489. The van der Waals surface area contributed by atoms with E-state index in [-0.39, 0.29) is 6.10 Å². The minimum absolute atomic E-state index is 0.0866. The van der Waals surface area contributed by atoms with Crippen molar-refractivity contribution in [2.75, 3.05) is 0 Å². The molecule has 0 spiro atoms. The van der Waals surface area contributed by atoms with Crippen LogP contribution in [0.15, 0.2) is 23.8 Å². The van der Waals surface area contributed by atoms with Crippen molar-refractivity contribution in [2.45, 2.75) is 99.0 Å². The molecule has 9 atom stereocenters. The zero-order valence-corrected chi connectivity index (χ0v) is 20.0. The van der Waals surface area contributed by atoms with Crippen molar-refractivity contribution in [2.24, 2.45) is 52.3 Å². The molecule has 0 bridgehead atoms. The molecule has 4 aliphatic rings. The van der Waals surface area contributed by atoms with E-state index in [4.69, 9.17) is 0 Å². The standard InChI is InChI=1S/C28H46O/c1-18(2)19(3)7-8-20(4)24-11-12-25-23-10-9-21-17-22(29)13-15-27(21,5)26(23)14-16-28(24,25)6/h7-9,18-20,22-26,29H,10-17H2,1-6H3/b8-7-/t19?,20-,22+,23+,24-,25+,26+,27+,28-/m1/s1. The molecule has 0 saturated heterocycles. The van der Waals surface area contributed by atoms with Crippen LogP contribution in [0.25, 0.3) is 0 Å². The Balaban J connectivity index is 1.53. The van der Waals surface area contributed by atoms with Crippen LogP contribution in [-0.2, 0) is 0 Å². The van der Waals surface area contributed by atoms with Gasteiger partial charge in [-0.15, -0.1) is 0 Å². The third-order valence-electron chi connectivity index (χ3n) is 10.6. The van der Waals surface area contributed by atoms with Gasteiger partial charge in [0.25, 0.3) is 0 Å². The van der Waals surface area contributed by atoms with Gasteiger partial charge in [-0.1, -0.05) is 65.3 Å². The molecule has 3 saturated carbocycles.